The van der Waals surface area contributed by atoms with Gasteiger partial charge in [-0.1, -0.05) is 0 Å². The van der Waals surface area contributed by atoms with E-state index in [1.54, 1.807) is 17.7 Å². The summed E-state index contributed by atoms with van der Waals surface area (Å²) >= 11 is 1.64. The van der Waals surface area contributed by atoms with Gasteiger partial charge in [-0.05, 0) is 32.3 Å². The topological polar surface area (TPSA) is 95.4 Å². The molecule has 2 aromatic heterocycles. The smallest absolute Gasteiger partial charge is 0.328 e. The monoisotopic (exact) mass is 380 g/mol. The normalized spacial score (nSPS) is 16.7. The van der Waals surface area contributed by atoms with E-state index < -0.39 is 24.6 Å². The Hall–Kier alpha value is -2.29. The second-order valence-corrected chi connectivity index (χ2v) is 7.68. The zero-order valence-corrected chi connectivity index (χ0v) is 15.5. The number of aromatic nitrogens is 2. The molecular weight excluding hydrogens is 359 g/mol. The zero-order chi connectivity index (χ0) is 18.8. The third kappa shape index (κ3) is 3.48. The third-order valence-corrected chi connectivity index (χ3v) is 5.99. The van der Waals surface area contributed by atoms with E-state index in [0.29, 0.717) is 25.9 Å². The standard InChI is InChI=1S/C17H21FN4O3S/c1-9-10(2)26-16-13(9)14(19-8-20-16)22-5-3-11(4-6-22)15(23)21-12(7-18)17(24)25/h8,11-12H,3-7H2,1-2H3,(H,21,23)(H,24,25). The molecule has 26 heavy (non-hydrogen) atoms. The lowest BCUT2D eigenvalue weighted by molar-refractivity contribution is -0.143. The summed E-state index contributed by atoms with van der Waals surface area (Å²) in [6, 6.07) is -1.47. The minimum absolute atomic E-state index is 0.317. The van der Waals surface area contributed by atoms with Crippen LogP contribution in [0.2, 0.25) is 0 Å². The van der Waals surface area contributed by atoms with Crippen molar-refractivity contribution in [3.8, 4) is 0 Å². The summed E-state index contributed by atoms with van der Waals surface area (Å²) in [5.74, 6) is -1.19. The molecule has 0 radical (unpaired) electrons. The van der Waals surface area contributed by atoms with Gasteiger partial charge >= 0.3 is 5.97 Å². The fraction of sp³-hybridized carbons (Fsp3) is 0.529. The number of carbonyl (C=O) groups is 2. The van der Waals surface area contributed by atoms with Gasteiger partial charge in [0.25, 0.3) is 0 Å². The number of anilines is 1. The van der Waals surface area contributed by atoms with E-state index in [-0.39, 0.29) is 5.92 Å². The molecule has 1 atom stereocenters. The molecule has 1 saturated heterocycles. The van der Waals surface area contributed by atoms with E-state index in [9.17, 15) is 14.0 Å². The first kappa shape index (κ1) is 18.5. The maximum atomic E-state index is 12.7. The fourth-order valence-corrected chi connectivity index (χ4v) is 4.20. The molecule has 140 valence electrons. The SMILES string of the molecule is Cc1sc2ncnc(N3CCC(C(=O)NC(CF)C(=O)O)CC3)c2c1C. The molecule has 1 fully saturated rings. The predicted octanol–water partition coefficient (Wildman–Crippen LogP) is 2.06. The van der Waals surface area contributed by atoms with Crippen LogP contribution in [0.15, 0.2) is 6.33 Å². The zero-order valence-electron chi connectivity index (χ0n) is 14.7. The Labute approximate surface area is 154 Å². The summed E-state index contributed by atoms with van der Waals surface area (Å²) in [7, 11) is 0. The molecule has 2 aromatic rings. The Balaban J connectivity index is 1.69. The van der Waals surface area contributed by atoms with Crippen molar-refractivity contribution in [2.45, 2.75) is 32.7 Å². The van der Waals surface area contributed by atoms with Crippen LogP contribution in [0.3, 0.4) is 0 Å². The van der Waals surface area contributed by atoms with Gasteiger partial charge in [-0.3, -0.25) is 4.79 Å². The molecule has 0 spiro atoms. The molecule has 7 nitrogen and oxygen atoms in total. The third-order valence-electron chi connectivity index (χ3n) is 4.88. The average Bonchev–Trinajstić information content (AvgIpc) is 2.93. The molecule has 3 heterocycles. The van der Waals surface area contributed by atoms with Crippen molar-refractivity contribution in [1.29, 1.82) is 0 Å². The van der Waals surface area contributed by atoms with Crippen molar-refractivity contribution in [3.05, 3.63) is 16.8 Å². The fourth-order valence-electron chi connectivity index (χ4n) is 3.21. The predicted molar refractivity (Wildman–Crippen MR) is 97.4 cm³/mol. The summed E-state index contributed by atoms with van der Waals surface area (Å²) in [5.41, 5.74) is 1.17. The number of carboxylic acid groups (broad SMARTS) is 1. The number of alkyl halides is 1. The van der Waals surface area contributed by atoms with Gasteiger partial charge < -0.3 is 15.3 Å². The van der Waals surface area contributed by atoms with Crippen LogP contribution in [0.4, 0.5) is 10.2 Å². The van der Waals surface area contributed by atoms with Gasteiger partial charge in [-0.15, -0.1) is 11.3 Å². The van der Waals surface area contributed by atoms with Crippen LogP contribution in [0.25, 0.3) is 10.2 Å². The summed E-state index contributed by atoms with van der Waals surface area (Å²) < 4.78 is 12.7. The number of aryl methyl sites for hydroxylation is 2. The van der Waals surface area contributed by atoms with E-state index in [1.165, 1.54) is 10.4 Å². The molecule has 0 bridgehead atoms. The Kier molecular flexibility index (Phi) is 5.36. The number of amides is 1. The maximum Gasteiger partial charge on any atom is 0.328 e. The van der Waals surface area contributed by atoms with Crippen LogP contribution in [0.1, 0.15) is 23.3 Å². The van der Waals surface area contributed by atoms with Crippen molar-refractivity contribution < 1.29 is 19.1 Å². The molecule has 1 amide bonds. The second kappa shape index (κ2) is 7.53. The van der Waals surface area contributed by atoms with E-state index in [4.69, 9.17) is 5.11 Å². The van der Waals surface area contributed by atoms with E-state index in [1.807, 2.05) is 0 Å². The van der Waals surface area contributed by atoms with Gasteiger partial charge in [0.15, 0.2) is 6.04 Å². The second-order valence-electron chi connectivity index (χ2n) is 6.48. The molecular formula is C17H21FN4O3S. The highest BCUT2D eigenvalue weighted by molar-refractivity contribution is 7.18. The van der Waals surface area contributed by atoms with Crippen LogP contribution in [-0.2, 0) is 9.59 Å². The average molecular weight is 380 g/mol. The quantitative estimate of drug-likeness (QED) is 0.824. The number of carboxylic acids is 1. The van der Waals surface area contributed by atoms with Crippen LogP contribution in [-0.4, -0.2) is 52.8 Å². The number of hydrogen-bond acceptors (Lipinski definition) is 6. The minimum Gasteiger partial charge on any atom is -0.480 e. The summed E-state index contributed by atoms with van der Waals surface area (Å²) in [6.45, 7) is 4.27. The highest BCUT2D eigenvalue weighted by atomic mass is 32.1. The number of fused-ring (bicyclic) bond motifs is 1. The Morgan fingerprint density at radius 3 is 2.69 bits per heavy atom. The lowest BCUT2D eigenvalue weighted by Gasteiger charge is -2.32. The van der Waals surface area contributed by atoms with Crippen LogP contribution in [0.5, 0.6) is 0 Å². The number of hydrogen-bond donors (Lipinski definition) is 2. The van der Waals surface area contributed by atoms with Crippen LogP contribution in [0, 0.1) is 19.8 Å². The summed E-state index contributed by atoms with van der Waals surface area (Å²) in [5, 5.41) is 12.2. The highest BCUT2D eigenvalue weighted by Gasteiger charge is 2.30. The van der Waals surface area contributed by atoms with E-state index in [0.717, 1.165) is 16.0 Å². The number of thiophene rings is 1. The number of piperidine rings is 1. The number of carbonyl (C=O) groups excluding carboxylic acids is 1. The van der Waals surface area contributed by atoms with Gasteiger partial charge in [0.05, 0.1) is 5.39 Å². The van der Waals surface area contributed by atoms with Gasteiger partial charge in [0.2, 0.25) is 5.91 Å². The van der Waals surface area contributed by atoms with Crippen LogP contribution < -0.4 is 10.2 Å². The van der Waals surface area contributed by atoms with Crippen molar-refractivity contribution in [2.24, 2.45) is 5.92 Å². The van der Waals surface area contributed by atoms with Gasteiger partial charge in [0.1, 0.15) is 23.7 Å². The van der Waals surface area contributed by atoms with Gasteiger partial charge in [-0.2, -0.15) is 0 Å². The molecule has 9 heteroatoms. The number of nitrogens with one attached hydrogen (secondary N) is 1. The highest BCUT2D eigenvalue weighted by Crippen LogP contribution is 2.35. The number of aliphatic carboxylic acids is 1. The Morgan fingerprint density at radius 1 is 1.38 bits per heavy atom. The van der Waals surface area contributed by atoms with E-state index >= 15 is 0 Å². The first-order chi connectivity index (χ1) is 12.4. The van der Waals surface area contributed by atoms with Crippen molar-refractivity contribution >= 4 is 39.2 Å². The Bertz CT molecular complexity index is 833. The minimum atomic E-state index is -1.47. The first-order valence-electron chi connectivity index (χ1n) is 8.47. The number of nitrogens with zero attached hydrogens (tertiary/aromatic N) is 3. The summed E-state index contributed by atoms with van der Waals surface area (Å²) in [4.78, 5) is 36.2. The van der Waals surface area contributed by atoms with Crippen molar-refractivity contribution in [2.75, 3.05) is 24.7 Å². The largest absolute Gasteiger partial charge is 0.480 e. The first-order valence-corrected chi connectivity index (χ1v) is 9.28. The molecule has 1 aliphatic heterocycles. The lowest BCUT2D eigenvalue weighted by Crippen LogP contribution is -2.47. The van der Waals surface area contributed by atoms with Gasteiger partial charge in [-0.25, -0.2) is 19.2 Å². The maximum absolute atomic E-state index is 12.7. The van der Waals surface area contributed by atoms with Crippen LogP contribution >= 0.6 is 11.3 Å². The number of rotatable bonds is 5. The molecule has 3 rings (SSSR count). The van der Waals surface area contributed by atoms with Crippen molar-refractivity contribution in [3.63, 3.8) is 0 Å². The van der Waals surface area contributed by atoms with E-state index in [2.05, 4.69) is 34.0 Å². The Morgan fingerprint density at radius 2 is 2.08 bits per heavy atom. The molecule has 0 aliphatic carbocycles. The molecule has 1 unspecified atom stereocenters. The molecule has 2 N–H and O–H groups in total. The summed E-state index contributed by atoms with van der Waals surface area (Å²) in [6.07, 6.45) is 2.70. The van der Waals surface area contributed by atoms with Crippen molar-refractivity contribution in [1.82, 2.24) is 15.3 Å². The lowest BCUT2D eigenvalue weighted by atomic mass is 9.95. The number of halogens is 1. The molecule has 1 aliphatic rings. The molecule has 0 aromatic carbocycles. The van der Waals surface area contributed by atoms with Gasteiger partial charge in [0, 0.05) is 23.9 Å². The molecule has 0 saturated carbocycles.